The van der Waals surface area contributed by atoms with Gasteiger partial charge in [-0.05, 0) is 18.2 Å². The second kappa shape index (κ2) is 5.69. The third kappa shape index (κ3) is 2.90. The first-order valence-corrected chi connectivity index (χ1v) is 6.14. The molecule has 0 aliphatic heterocycles. The lowest BCUT2D eigenvalue weighted by Crippen LogP contribution is -2.27. The smallest absolute Gasteiger partial charge is 0.237 e. The van der Waals surface area contributed by atoms with Crippen LogP contribution in [0.15, 0.2) is 42.6 Å². The van der Waals surface area contributed by atoms with Crippen LogP contribution in [0.5, 0.6) is 0 Å². The highest BCUT2D eigenvalue weighted by Gasteiger charge is 2.09. The fraction of sp³-hybridized carbons (Fsp3) is 0.231. The molecule has 5 heteroatoms. The average molecular weight is 264 g/mol. The largest absolute Gasteiger partial charge is 0.339 e. The number of nitrogens with zero attached hydrogens (tertiary/aromatic N) is 3. The van der Waals surface area contributed by atoms with Crippen LogP contribution in [0, 0.1) is 0 Å². The van der Waals surface area contributed by atoms with Crippen LogP contribution in [-0.4, -0.2) is 33.5 Å². The quantitative estimate of drug-likeness (QED) is 0.792. The lowest BCUT2D eigenvalue weighted by Gasteiger charge is -2.13. The molecule has 0 bridgehead atoms. The van der Waals surface area contributed by atoms with Crippen LogP contribution in [0.2, 0.25) is 0 Å². The van der Waals surface area contributed by atoms with Gasteiger partial charge in [-0.2, -0.15) is 5.10 Å². The van der Waals surface area contributed by atoms with Crippen molar-refractivity contribution in [2.75, 3.05) is 12.9 Å². The molecule has 0 fully saturated rings. The van der Waals surface area contributed by atoms with Gasteiger partial charge < -0.3 is 4.90 Å². The fourth-order valence-electron chi connectivity index (χ4n) is 1.60. The number of halogens is 1. The molecule has 18 heavy (non-hydrogen) atoms. The number of hydrogen-bond donors (Lipinski definition) is 0. The van der Waals surface area contributed by atoms with Crippen molar-refractivity contribution in [3.63, 3.8) is 0 Å². The number of carbonyl (C=O) groups excluding carboxylic acids is 1. The van der Waals surface area contributed by atoms with Crippen molar-refractivity contribution < 1.29 is 4.79 Å². The van der Waals surface area contributed by atoms with Crippen molar-refractivity contribution in [3.8, 4) is 5.69 Å². The van der Waals surface area contributed by atoms with Crippen LogP contribution >= 0.6 is 11.6 Å². The minimum absolute atomic E-state index is 0.00407. The zero-order valence-corrected chi connectivity index (χ0v) is 10.8. The molecular weight excluding hydrogens is 250 g/mol. The first-order chi connectivity index (χ1) is 8.70. The van der Waals surface area contributed by atoms with Gasteiger partial charge in [-0.15, -0.1) is 11.6 Å². The van der Waals surface area contributed by atoms with E-state index >= 15 is 0 Å². The van der Waals surface area contributed by atoms with E-state index in [1.54, 1.807) is 16.6 Å². The van der Waals surface area contributed by atoms with Gasteiger partial charge in [0.1, 0.15) is 5.88 Å². The summed E-state index contributed by atoms with van der Waals surface area (Å²) in [5, 5.41) is 4.42. The first kappa shape index (κ1) is 12.6. The van der Waals surface area contributed by atoms with E-state index in [2.05, 4.69) is 5.10 Å². The second-order valence-corrected chi connectivity index (χ2v) is 4.24. The molecule has 1 heterocycles. The van der Waals surface area contributed by atoms with E-state index < -0.39 is 0 Å². The molecule has 1 amide bonds. The summed E-state index contributed by atoms with van der Waals surface area (Å²) in [5.41, 5.74) is 1.83. The van der Waals surface area contributed by atoms with E-state index in [1.807, 2.05) is 42.6 Å². The summed E-state index contributed by atoms with van der Waals surface area (Å²) in [6, 6.07) is 11.7. The normalized spacial score (nSPS) is 10.3. The van der Waals surface area contributed by atoms with Gasteiger partial charge in [0.15, 0.2) is 0 Å². The van der Waals surface area contributed by atoms with E-state index in [-0.39, 0.29) is 11.8 Å². The Bertz CT molecular complexity index is 524. The highest BCUT2D eigenvalue weighted by molar-refractivity contribution is 6.27. The summed E-state index contributed by atoms with van der Waals surface area (Å²) < 4.78 is 1.79. The van der Waals surface area contributed by atoms with Crippen LogP contribution in [0.4, 0.5) is 0 Å². The highest BCUT2D eigenvalue weighted by Crippen LogP contribution is 2.08. The number of aromatic nitrogens is 2. The number of para-hydroxylation sites is 1. The molecular formula is C13H14ClN3O. The van der Waals surface area contributed by atoms with Crippen LogP contribution in [0.25, 0.3) is 5.69 Å². The van der Waals surface area contributed by atoms with Gasteiger partial charge in [-0.3, -0.25) is 4.79 Å². The average Bonchev–Trinajstić information content (AvgIpc) is 2.87. The summed E-state index contributed by atoms with van der Waals surface area (Å²) in [6.45, 7) is 0.464. The summed E-state index contributed by atoms with van der Waals surface area (Å²) in [6.07, 6.45) is 1.88. The number of rotatable bonds is 4. The van der Waals surface area contributed by atoms with Crippen molar-refractivity contribution in [3.05, 3.63) is 48.3 Å². The number of hydrogen-bond acceptors (Lipinski definition) is 2. The molecule has 0 aliphatic rings. The topological polar surface area (TPSA) is 38.1 Å². The highest BCUT2D eigenvalue weighted by atomic mass is 35.5. The summed E-state index contributed by atoms with van der Waals surface area (Å²) in [5.74, 6) is -0.110. The predicted octanol–water partition coefficient (Wildman–Crippen LogP) is 2.07. The van der Waals surface area contributed by atoms with Gasteiger partial charge in [0, 0.05) is 13.2 Å². The Labute approximate surface area is 111 Å². The van der Waals surface area contributed by atoms with Gasteiger partial charge in [-0.1, -0.05) is 18.2 Å². The van der Waals surface area contributed by atoms with Crippen LogP contribution < -0.4 is 0 Å². The van der Waals surface area contributed by atoms with Crippen LogP contribution in [0.1, 0.15) is 5.69 Å². The Hall–Kier alpha value is -1.81. The molecule has 0 radical (unpaired) electrons. The molecule has 2 rings (SSSR count). The lowest BCUT2D eigenvalue weighted by atomic mass is 10.3. The van der Waals surface area contributed by atoms with Crippen molar-refractivity contribution in [2.45, 2.75) is 6.54 Å². The van der Waals surface area contributed by atoms with Crippen molar-refractivity contribution in [1.82, 2.24) is 14.7 Å². The van der Waals surface area contributed by atoms with Crippen LogP contribution in [-0.2, 0) is 11.3 Å². The van der Waals surface area contributed by atoms with Crippen molar-refractivity contribution in [1.29, 1.82) is 0 Å². The molecule has 0 saturated heterocycles. The van der Waals surface area contributed by atoms with Gasteiger partial charge in [0.2, 0.25) is 5.91 Å². The van der Waals surface area contributed by atoms with Crippen molar-refractivity contribution in [2.24, 2.45) is 0 Å². The van der Waals surface area contributed by atoms with Gasteiger partial charge in [-0.25, -0.2) is 4.68 Å². The zero-order chi connectivity index (χ0) is 13.0. The molecule has 0 atom stereocenters. The Balaban J connectivity index is 2.09. The summed E-state index contributed by atoms with van der Waals surface area (Å²) >= 11 is 5.50. The van der Waals surface area contributed by atoms with Crippen molar-refractivity contribution >= 4 is 17.5 Å². The zero-order valence-electron chi connectivity index (χ0n) is 10.1. The Morgan fingerprint density at radius 3 is 2.72 bits per heavy atom. The molecule has 0 unspecified atom stereocenters. The third-order valence-corrected chi connectivity index (χ3v) is 2.83. The number of benzene rings is 1. The predicted molar refractivity (Wildman–Crippen MR) is 70.8 cm³/mol. The summed E-state index contributed by atoms with van der Waals surface area (Å²) in [7, 11) is 1.71. The maximum absolute atomic E-state index is 11.4. The fourth-order valence-corrected chi connectivity index (χ4v) is 1.81. The molecule has 0 N–H and O–H groups in total. The number of amides is 1. The van der Waals surface area contributed by atoms with Gasteiger partial charge >= 0.3 is 0 Å². The Morgan fingerprint density at radius 1 is 1.33 bits per heavy atom. The minimum Gasteiger partial charge on any atom is -0.339 e. The second-order valence-electron chi connectivity index (χ2n) is 3.97. The molecule has 2 aromatic rings. The SMILES string of the molecule is CN(Cc1ccn(-c2ccccc2)n1)C(=O)CCl. The lowest BCUT2D eigenvalue weighted by molar-refractivity contribution is -0.127. The minimum atomic E-state index is -0.106. The molecule has 0 saturated carbocycles. The molecule has 94 valence electrons. The standard InChI is InChI=1S/C13H14ClN3O/c1-16(13(18)9-14)10-11-7-8-17(15-11)12-5-3-2-4-6-12/h2-8H,9-10H2,1H3. The summed E-state index contributed by atoms with van der Waals surface area (Å²) in [4.78, 5) is 12.9. The van der Waals surface area contributed by atoms with Gasteiger partial charge in [0.05, 0.1) is 17.9 Å². The molecule has 0 aliphatic carbocycles. The molecule has 1 aromatic carbocycles. The Kier molecular flexibility index (Phi) is 3.99. The number of carbonyl (C=O) groups is 1. The maximum Gasteiger partial charge on any atom is 0.237 e. The van der Waals surface area contributed by atoms with Crippen LogP contribution in [0.3, 0.4) is 0 Å². The third-order valence-electron chi connectivity index (χ3n) is 2.60. The monoisotopic (exact) mass is 263 g/mol. The van der Waals surface area contributed by atoms with E-state index in [0.717, 1.165) is 11.4 Å². The van der Waals surface area contributed by atoms with E-state index in [4.69, 9.17) is 11.6 Å². The maximum atomic E-state index is 11.4. The van der Waals surface area contributed by atoms with E-state index in [0.29, 0.717) is 6.54 Å². The Morgan fingerprint density at radius 2 is 2.06 bits per heavy atom. The first-order valence-electron chi connectivity index (χ1n) is 5.60. The van der Waals surface area contributed by atoms with Gasteiger partial charge in [0.25, 0.3) is 0 Å². The van der Waals surface area contributed by atoms with E-state index in [9.17, 15) is 4.79 Å². The number of alkyl halides is 1. The molecule has 4 nitrogen and oxygen atoms in total. The van der Waals surface area contributed by atoms with E-state index in [1.165, 1.54) is 0 Å². The molecule has 1 aromatic heterocycles. The molecule has 0 spiro atoms.